The highest BCUT2D eigenvalue weighted by atomic mass is 32.1. The van der Waals surface area contributed by atoms with Gasteiger partial charge in [-0.2, -0.15) is 0 Å². The number of nitrogens with zero attached hydrogens (tertiary/aromatic N) is 3. The van der Waals surface area contributed by atoms with Gasteiger partial charge in [-0.3, -0.25) is 0 Å². The van der Waals surface area contributed by atoms with E-state index >= 15 is 0 Å². The summed E-state index contributed by atoms with van der Waals surface area (Å²) in [7, 11) is 1.53. The van der Waals surface area contributed by atoms with Crippen molar-refractivity contribution >= 4 is 21.6 Å². The van der Waals surface area contributed by atoms with Gasteiger partial charge in [-0.1, -0.05) is 13.8 Å². The van der Waals surface area contributed by atoms with Crippen LogP contribution in [0, 0.1) is 12.8 Å². The second-order valence-electron chi connectivity index (χ2n) is 8.12. The summed E-state index contributed by atoms with van der Waals surface area (Å²) in [6, 6.07) is 0.496. The number of aryl methyl sites for hydroxylation is 1. The number of hydrogen-bond donors (Lipinski definition) is 1. The van der Waals surface area contributed by atoms with Gasteiger partial charge < -0.3 is 5.73 Å². The van der Waals surface area contributed by atoms with Crippen molar-refractivity contribution in [2.45, 2.75) is 77.3 Å². The summed E-state index contributed by atoms with van der Waals surface area (Å²) >= 11 is 1.82. The standard InChI is InChI=1S/C12H15N3S.C8H16FN/c1-6-3-8(13)4-9-10-7(2)14-5-15-12(10)16-11(6)9;1-7-3-5-8(6-4-7)10(2)9/h5-6,8H,3-4,13H2,1-2H3;7-8H,3-6H2,1-2H3. The maximum Gasteiger partial charge on any atom is 0.127 e. The van der Waals surface area contributed by atoms with Crippen LogP contribution >= 0.6 is 11.3 Å². The van der Waals surface area contributed by atoms with E-state index in [0.717, 1.165) is 47.2 Å². The number of rotatable bonds is 1. The van der Waals surface area contributed by atoms with E-state index in [2.05, 4.69) is 30.7 Å². The number of fused-ring (bicyclic) bond motifs is 3. The van der Waals surface area contributed by atoms with E-state index in [0.29, 0.717) is 12.0 Å². The van der Waals surface area contributed by atoms with Crippen LogP contribution in [-0.4, -0.2) is 34.2 Å². The number of nitrogens with two attached hydrogens (primary N) is 1. The van der Waals surface area contributed by atoms with Gasteiger partial charge in [0.15, 0.2) is 0 Å². The average molecular weight is 379 g/mol. The molecule has 2 unspecified atom stereocenters. The lowest BCUT2D eigenvalue weighted by atomic mass is 9.86. The Labute approximate surface area is 159 Å². The number of thiophene rings is 1. The van der Waals surface area contributed by atoms with Crippen LogP contribution < -0.4 is 5.73 Å². The summed E-state index contributed by atoms with van der Waals surface area (Å²) in [6.07, 6.45) is 8.19. The normalized spacial score (nSPS) is 28.6. The van der Waals surface area contributed by atoms with Gasteiger partial charge in [-0.25, -0.2) is 9.97 Å². The Bertz CT molecular complexity index is 737. The molecule has 0 aromatic carbocycles. The molecule has 0 radical (unpaired) electrons. The molecule has 2 aromatic rings. The number of hydrogen-bond acceptors (Lipinski definition) is 5. The molecule has 0 spiro atoms. The summed E-state index contributed by atoms with van der Waals surface area (Å²) in [5.74, 6) is 1.38. The summed E-state index contributed by atoms with van der Waals surface area (Å²) in [5, 5.41) is 2.12. The summed E-state index contributed by atoms with van der Waals surface area (Å²) in [4.78, 5) is 11.3. The first-order chi connectivity index (χ1) is 12.4. The number of halogens is 1. The van der Waals surface area contributed by atoms with E-state index in [9.17, 15) is 4.48 Å². The lowest BCUT2D eigenvalue weighted by Gasteiger charge is -2.27. The molecular weight excluding hydrogens is 347 g/mol. The zero-order valence-electron chi connectivity index (χ0n) is 16.3. The quantitative estimate of drug-likeness (QED) is 0.727. The largest absolute Gasteiger partial charge is 0.327 e. The third-order valence-corrected chi connectivity index (χ3v) is 7.24. The third-order valence-electron chi connectivity index (χ3n) is 5.87. The zero-order valence-corrected chi connectivity index (χ0v) is 17.2. The van der Waals surface area contributed by atoms with Crippen LogP contribution in [0.1, 0.15) is 68.0 Å². The SMILES string of the molecule is CC1CCC(N(C)F)CC1.Cc1ncnc2sc3c(c12)CC(N)CC3C. The summed E-state index contributed by atoms with van der Waals surface area (Å²) in [6.45, 7) is 6.56. The van der Waals surface area contributed by atoms with E-state index < -0.39 is 0 Å². The molecule has 0 aliphatic heterocycles. The van der Waals surface area contributed by atoms with E-state index in [1.807, 2.05) is 11.3 Å². The van der Waals surface area contributed by atoms with Crippen molar-refractivity contribution in [1.29, 1.82) is 0 Å². The first-order valence-corrected chi connectivity index (χ1v) is 10.6. The Balaban J connectivity index is 0.000000170. The van der Waals surface area contributed by atoms with E-state index in [1.54, 1.807) is 6.33 Å². The van der Waals surface area contributed by atoms with E-state index in [4.69, 9.17) is 5.73 Å². The van der Waals surface area contributed by atoms with Crippen molar-refractivity contribution in [1.82, 2.24) is 15.1 Å². The molecule has 2 atom stereocenters. The summed E-state index contributed by atoms with van der Waals surface area (Å²) in [5.41, 5.74) is 8.60. The lowest BCUT2D eigenvalue weighted by molar-refractivity contribution is -0.0118. The van der Waals surface area contributed by atoms with Gasteiger partial charge in [0.25, 0.3) is 0 Å². The second-order valence-corrected chi connectivity index (χ2v) is 9.15. The highest BCUT2D eigenvalue weighted by Gasteiger charge is 2.27. The monoisotopic (exact) mass is 378 g/mol. The maximum absolute atomic E-state index is 12.5. The lowest BCUT2D eigenvalue weighted by Crippen LogP contribution is -2.28. The van der Waals surface area contributed by atoms with Crippen LogP contribution in [0.3, 0.4) is 0 Å². The molecule has 2 heterocycles. The molecule has 144 valence electrons. The molecule has 4 rings (SSSR count). The first kappa shape index (κ1) is 19.6. The van der Waals surface area contributed by atoms with Gasteiger partial charge in [0, 0.05) is 35.1 Å². The van der Waals surface area contributed by atoms with Crippen LogP contribution in [0.4, 0.5) is 4.48 Å². The van der Waals surface area contributed by atoms with Crippen LogP contribution in [-0.2, 0) is 6.42 Å². The fraction of sp³-hybridized carbons (Fsp3) is 0.700. The fourth-order valence-corrected chi connectivity index (χ4v) is 5.56. The van der Waals surface area contributed by atoms with Gasteiger partial charge in [0.1, 0.15) is 11.2 Å². The fourth-order valence-electron chi connectivity index (χ4n) is 4.27. The average Bonchev–Trinajstić information content (AvgIpc) is 2.96. The van der Waals surface area contributed by atoms with Gasteiger partial charge in [0.05, 0.1) is 0 Å². The Morgan fingerprint density at radius 1 is 1.19 bits per heavy atom. The predicted octanol–water partition coefficient (Wildman–Crippen LogP) is 4.76. The molecule has 4 nitrogen and oxygen atoms in total. The van der Waals surface area contributed by atoms with Crippen molar-refractivity contribution < 1.29 is 4.48 Å². The molecular formula is C20H31FN4S. The van der Waals surface area contributed by atoms with Gasteiger partial charge in [0.2, 0.25) is 0 Å². The van der Waals surface area contributed by atoms with Crippen LogP contribution in [0.2, 0.25) is 0 Å². The summed E-state index contributed by atoms with van der Waals surface area (Å²) < 4.78 is 12.5. The topological polar surface area (TPSA) is 55.0 Å². The molecule has 1 saturated carbocycles. The minimum Gasteiger partial charge on any atom is -0.327 e. The van der Waals surface area contributed by atoms with Crippen molar-refractivity contribution in [3.8, 4) is 0 Å². The molecule has 2 N–H and O–H groups in total. The van der Waals surface area contributed by atoms with Crippen LogP contribution in [0.15, 0.2) is 6.33 Å². The maximum atomic E-state index is 12.5. The first-order valence-electron chi connectivity index (χ1n) is 9.73. The minimum absolute atomic E-state index is 0.205. The molecule has 2 aliphatic rings. The van der Waals surface area contributed by atoms with Gasteiger partial charge in [-0.15, -0.1) is 20.9 Å². The van der Waals surface area contributed by atoms with E-state index in [-0.39, 0.29) is 6.04 Å². The van der Waals surface area contributed by atoms with Crippen LogP contribution in [0.5, 0.6) is 0 Å². The highest BCUT2D eigenvalue weighted by Crippen LogP contribution is 2.41. The molecule has 6 heteroatoms. The molecule has 0 bridgehead atoms. The molecule has 2 aliphatic carbocycles. The number of aromatic nitrogens is 2. The molecule has 26 heavy (non-hydrogen) atoms. The zero-order chi connectivity index (χ0) is 18.8. The van der Waals surface area contributed by atoms with E-state index in [1.165, 1.54) is 35.7 Å². The second kappa shape index (κ2) is 8.28. The Kier molecular flexibility index (Phi) is 6.25. The van der Waals surface area contributed by atoms with Crippen molar-refractivity contribution in [2.75, 3.05) is 7.05 Å². The molecule has 0 saturated heterocycles. The molecule has 0 amide bonds. The minimum atomic E-state index is 0.205. The molecule has 1 fully saturated rings. The Morgan fingerprint density at radius 2 is 1.88 bits per heavy atom. The van der Waals surface area contributed by atoms with Crippen molar-refractivity contribution in [3.05, 3.63) is 22.5 Å². The van der Waals surface area contributed by atoms with Gasteiger partial charge >= 0.3 is 0 Å². The Morgan fingerprint density at radius 3 is 2.54 bits per heavy atom. The Hall–Kier alpha value is -1.11. The van der Waals surface area contributed by atoms with Crippen molar-refractivity contribution in [3.63, 3.8) is 0 Å². The smallest absolute Gasteiger partial charge is 0.127 e. The predicted molar refractivity (Wildman–Crippen MR) is 107 cm³/mol. The van der Waals surface area contributed by atoms with Gasteiger partial charge in [-0.05, 0) is 62.8 Å². The van der Waals surface area contributed by atoms with Crippen LogP contribution in [0.25, 0.3) is 10.2 Å². The molecule has 2 aromatic heterocycles. The van der Waals surface area contributed by atoms with Crippen molar-refractivity contribution in [2.24, 2.45) is 11.7 Å². The third kappa shape index (κ3) is 4.24. The highest BCUT2D eigenvalue weighted by molar-refractivity contribution is 7.19.